The van der Waals surface area contributed by atoms with Crippen LogP contribution in [0.25, 0.3) is 28.1 Å². The Balaban J connectivity index is 1.87. The normalized spacial score (nSPS) is 10.9. The number of hydrogen-bond donors (Lipinski definition) is 1. The van der Waals surface area contributed by atoms with E-state index in [4.69, 9.17) is 9.84 Å². The fraction of sp³-hybridized carbons (Fsp3) is 0.207. The van der Waals surface area contributed by atoms with E-state index >= 15 is 0 Å². The van der Waals surface area contributed by atoms with Gasteiger partial charge in [0.1, 0.15) is 11.5 Å². The van der Waals surface area contributed by atoms with Gasteiger partial charge in [0.05, 0.1) is 11.3 Å². The van der Waals surface area contributed by atoms with E-state index in [0.717, 1.165) is 16.7 Å². The summed E-state index contributed by atoms with van der Waals surface area (Å²) >= 11 is 0. The minimum Gasteiger partial charge on any atom is -0.407 e. The molecule has 0 aliphatic rings. The third-order valence-corrected chi connectivity index (χ3v) is 5.50. The molecule has 7 heteroatoms. The van der Waals surface area contributed by atoms with Crippen molar-refractivity contribution in [1.29, 1.82) is 0 Å². The molecule has 0 aliphatic carbocycles. The molecule has 184 valence electrons. The number of benzene rings is 3. The van der Waals surface area contributed by atoms with E-state index in [9.17, 15) is 14.0 Å². The van der Waals surface area contributed by atoms with E-state index in [-0.39, 0.29) is 23.5 Å². The van der Waals surface area contributed by atoms with Crippen LogP contribution in [0.4, 0.5) is 10.1 Å². The smallest absolute Gasteiger partial charge is 0.309 e. The number of nitrogens with one attached hydrogen (secondary N) is 1. The first-order chi connectivity index (χ1) is 17.2. The molecular weight excluding hydrogens is 457 g/mol. The van der Waals surface area contributed by atoms with Gasteiger partial charge in [0.2, 0.25) is 11.8 Å². The van der Waals surface area contributed by atoms with Crippen LogP contribution in [0.5, 0.6) is 5.88 Å². The number of amides is 1. The Morgan fingerprint density at radius 1 is 1.00 bits per heavy atom. The van der Waals surface area contributed by atoms with Gasteiger partial charge in [-0.2, -0.15) is 9.78 Å². The van der Waals surface area contributed by atoms with Gasteiger partial charge in [-0.05, 0) is 60.9 Å². The number of carbonyl (C=O) groups is 2. The summed E-state index contributed by atoms with van der Waals surface area (Å²) in [5.74, 6) is -0.461. The van der Waals surface area contributed by atoms with Crippen LogP contribution in [0.2, 0.25) is 0 Å². The van der Waals surface area contributed by atoms with E-state index in [1.165, 1.54) is 23.7 Å². The third kappa shape index (κ3) is 5.68. The van der Waals surface area contributed by atoms with Crippen LogP contribution in [-0.4, -0.2) is 21.7 Å². The zero-order valence-electron chi connectivity index (χ0n) is 20.7. The summed E-state index contributed by atoms with van der Waals surface area (Å²) in [6, 6.07) is 21.0. The number of ether oxygens (including phenoxy) is 1. The minimum atomic E-state index is -0.507. The van der Waals surface area contributed by atoms with E-state index in [2.05, 4.69) is 5.32 Å². The van der Waals surface area contributed by atoms with Gasteiger partial charge in [0.25, 0.3) is 0 Å². The van der Waals surface area contributed by atoms with E-state index in [1.807, 2.05) is 57.2 Å². The second kappa shape index (κ2) is 10.6. The predicted octanol–water partition coefficient (Wildman–Crippen LogP) is 6.56. The molecule has 1 N–H and O–H groups in total. The van der Waals surface area contributed by atoms with Crippen LogP contribution in [0.3, 0.4) is 0 Å². The van der Waals surface area contributed by atoms with Gasteiger partial charge in [-0.3, -0.25) is 9.59 Å². The van der Waals surface area contributed by atoms with Gasteiger partial charge < -0.3 is 10.1 Å². The Morgan fingerprint density at radius 3 is 2.31 bits per heavy atom. The molecule has 0 bridgehead atoms. The Morgan fingerprint density at radius 2 is 1.69 bits per heavy atom. The number of rotatable bonds is 7. The quantitative estimate of drug-likeness (QED) is 0.301. The summed E-state index contributed by atoms with van der Waals surface area (Å²) in [7, 11) is 0. The van der Waals surface area contributed by atoms with Crippen LogP contribution in [0.1, 0.15) is 32.8 Å². The topological polar surface area (TPSA) is 73.2 Å². The lowest BCUT2D eigenvalue weighted by Gasteiger charge is -2.11. The molecule has 1 heterocycles. The molecule has 0 atom stereocenters. The molecule has 0 radical (unpaired) electrons. The summed E-state index contributed by atoms with van der Waals surface area (Å²) < 4.78 is 20.8. The lowest BCUT2D eigenvalue weighted by atomic mass is 10.00. The van der Waals surface area contributed by atoms with Crippen molar-refractivity contribution in [2.75, 3.05) is 5.32 Å². The molecule has 4 aromatic rings. The summed E-state index contributed by atoms with van der Waals surface area (Å²) in [6.07, 6.45) is 0.431. The van der Waals surface area contributed by atoms with Crippen LogP contribution < -0.4 is 10.1 Å². The lowest BCUT2D eigenvalue weighted by molar-refractivity contribution is -0.132. The Hall–Kier alpha value is -4.26. The molecule has 1 aromatic heterocycles. The van der Waals surface area contributed by atoms with Gasteiger partial charge in [0.15, 0.2) is 0 Å². The maximum absolute atomic E-state index is 13.6. The number of anilines is 1. The number of carbonyl (C=O) groups excluding carboxylic acids is 2. The van der Waals surface area contributed by atoms with Crippen molar-refractivity contribution in [3.8, 4) is 34.0 Å². The maximum atomic E-state index is 13.6. The van der Waals surface area contributed by atoms with Gasteiger partial charge in [-0.25, -0.2) is 4.39 Å². The molecule has 36 heavy (non-hydrogen) atoms. The Labute approximate surface area is 209 Å². The van der Waals surface area contributed by atoms with Crippen molar-refractivity contribution >= 4 is 17.6 Å². The molecule has 1 amide bonds. The SMILES string of the molecule is CC(=O)Oc1c(-c2ccc(NC(=O)CC(C)C)cc2)c(-c2cccc(C)c2)nn1-c1ccc(F)cc1. The maximum Gasteiger partial charge on any atom is 0.309 e. The van der Waals surface area contributed by atoms with Crippen molar-refractivity contribution in [2.24, 2.45) is 5.92 Å². The highest BCUT2D eigenvalue weighted by molar-refractivity contribution is 5.92. The molecule has 0 saturated heterocycles. The number of aryl methyl sites for hydroxylation is 1. The molecule has 4 rings (SSSR count). The number of aromatic nitrogens is 2. The van der Waals surface area contributed by atoms with E-state index in [1.54, 1.807) is 24.3 Å². The first-order valence-corrected chi connectivity index (χ1v) is 11.8. The highest BCUT2D eigenvalue weighted by Gasteiger charge is 2.24. The van der Waals surface area contributed by atoms with Crippen molar-refractivity contribution in [2.45, 2.75) is 34.1 Å². The number of nitrogens with zero attached hydrogens (tertiary/aromatic N) is 2. The van der Waals surface area contributed by atoms with Crippen molar-refractivity contribution in [1.82, 2.24) is 9.78 Å². The summed E-state index contributed by atoms with van der Waals surface area (Å²) in [4.78, 5) is 24.3. The summed E-state index contributed by atoms with van der Waals surface area (Å²) in [5, 5.41) is 7.71. The zero-order valence-corrected chi connectivity index (χ0v) is 20.7. The molecular formula is C29H28FN3O3. The van der Waals surface area contributed by atoms with Gasteiger partial charge >= 0.3 is 5.97 Å². The molecule has 6 nitrogen and oxygen atoms in total. The lowest BCUT2D eigenvalue weighted by Crippen LogP contribution is -2.13. The Bertz CT molecular complexity index is 1390. The molecule has 0 saturated carbocycles. The molecule has 0 unspecified atom stereocenters. The fourth-order valence-corrected chi connectivity index (χ4v) is 3.95. The third-order valence-electron chi connectivity index (χ3n) is 5.50. The molecule has 0 fully saturated rings. The minimum absolute atomic E-state index is 0.0528. The van der Waals surface area contributed by atoms with E-state index < -0.39 is 5.97 Å². The second-order valence-corrected chi connectivity index (χ2v) is 9.10. The first-order valence-electron chi connectivity index (χ1n) is 11.8. The van der Waals surface area contributed by atoms with Gasteiger partial charge in [-0.15, -0.1) is 0 Å². The molecule has 3 aromatic carbocycles. The van der Waals surface area contributed by atoms with Crippen LogP contribution >= 0.6 is 0 Å². The van der Waals surface area contributed by atoms with Crippen molar-refractivity contribution in [3.05, 3.63) is 84.2 Å². The summed E-state index contributed by atoms with van der Waals surface area (Å²) in [5.41, 5.74) is 5.07. The zero-order chi connectivity index (χ0) is 25.8. The van der Waals surface area contributed by atoms with E-state index in [0.29, 0.717) is 29.1 Å². The Kier molecular flexibility index (Phi) is 7.29. The highest BCUT2D eigenvalue weighted by Crippen LogP contribution is 2.41. The fourth-order valence-electron chi connectivity index (χ4n) is 3.95. The van der Waals surface area contributed by atoms with Gasteiger partial charge in [0, 0.05) is 24.6 Å². The van der Waals surface area contributed by atoms with Crippen molar-refractivity contribution < 1.29 is 18.7 Å². The monoisotopic (exact) mass is 485 g/mol. The van der Waals surface area contributed by atoms with Crippen LogP contribution in [0, 0.1) is 18.7 Å². The van der Waals surface area contributed by atoms with Gasteiger partial charge in [-0.1, -0.05) is 49.7 Å². The number of halogens is 1. The molecule has 0 spiro atoms. The standard InChI is InChI=1S/C29H28FN3O3/c1-18(2)16-26(35)31-24-12-8-21(9-13-24)27-28(22-7-5-6-19(3)17-22)32-33(29(27)36-20(4)34)25-14-10-23(30)11-15-25/h5-15,17-18H,16H2,1-4H3,(H,31,35). The average molecular weight is 486 g/mol. The number of esters is 1. The highest BCUT2D eigenvalue weighted by atomic mass is 19.1. The van der Waals surface area contributed by atoms with Crippen LogP contribution in [-0.2, 0) is 9.59 Å². The first kappa shape index (κ1) is 24.9. The van der Waals surface area contributed by atoms with Crippen LogP contribution in [0.15, 0.2) is 72.8 Å². The predicted molar refractivity (Wildman–Crippen MR) is 139 cm³/mol. The summed E-state index contributed by atoms with van der Waals surface area (Å²) in [6.45, 7) is 7.29. The number of hydrogen-bond acceptors (Lipinski definition) is 4. The van der Waals surface area contributed by atoms with Crippen molar-refractivity contribution in [3.63, 3.8) is 0 Å². The largest absolute Gasteiger partial charge is 0.407 e. The second-order valence-electron chi connectivity index (χ2n) is 9.10. The molecule has 0 aliphatic heterocycles. The average Bonchev–Trinajstić information content (AvgIpc) is 3.18.